The Morgan fingerprint density at radius 3 is 1.78 bits per heavy atom. The Labute approximate surface area is 158 Å². The molecule has 0 N–H and O–H groups in total. The maximum absolute atomic E-state index is 4.45. The molecule has 0 spiro atoms. The first-order chi connectivity index (χ1) is 11.3. The summed E-state index contributed by atoms with van der Waals surface area (Å²) in [6.07, 6.45) is 21.8. The van der Waals surface area contributed by atoms with Gasteiger partial charge >= 0.3 is 0 Å². The molecule has 0 fully saturated rings. The molecule has 1 aromatic rings. The van der Waals surface area contributed by atoms with Crippen LogP contribution in [0.2, 0.25) is 0 Å². The van der Waals surface area contributed by atoms with Crippen molar-refractivity contribution >= 4 is 22.6 Å². The fourth-order valence-corrected chi connectivity index (χ4v) is 3.86. The van der Waals surface area contributed by atoms with Crippen molar-refractivity contribution in [2.24, 2.45) is 0 Å². The van der Waals surface area contributed by atoms with Crippen molar-refractivity contribution in [3.8, 4) is 0 Å². The molecule has 1 heterocycles. The van der Waals surface area contributed by atoms with Crippen molar-refractivity contribution in [1.82, 2.24) is 4.98 Å². The summed E-state index contributed by atoms with van der Waals surface area (Å²) in [5.74, 6) is 0. The molecule has 132 valence electrons. The van der Waals surface area contributed by atoms with Gasteiger partial charge in [-0.15, -0.1) is 0 Å². The molecule has 0 aliphatic heterocycles. The van der Waals surface area contributed by atoms with Crippen LogP contribution in [0.15, 0.2) is 24.4 Å². The number of halogens is 1. The fraction of sp³-hybridized carbons (Fsp3) is 0.762. The molecular weight excluding hydrogens is 393 g/mol. The van der Waals surface area contributed by atoms with Crippen LogP contribution in [0.1, 0.15) is 106 Å². The van der Waals surface area contributed by atoms with E-state index in [4.69, 9.17) is 0 Å². The van der Waals surface area contributed by atoms with Crippen molar-refractivity contribution in [2.45, 2.75) is 101 Å². The largest absolute Gasteiger partial charge is 0.260 e. The summed E-state index contributed by atoms with van der Waals surface area (Å²) in [5, 5.41) is 0. The lowest BCUT2D eigenvalue weighted by molar-refractivity contribution is 0.535. The molecule has 1 atom stereocenters. The van der Waals surface area contributed by atoms with Crippen molar-refractivity contribution in [3.05, 3.63) is 30.1 Å². The number of hydrogen-bond acceptors (Lipinski definition) is 1. The summed E-state index contributed by atoms with van der Waals surface area (Å²) >= 11 is 2.54. The van der Waals surface area contributed by atoms with Crippen LogP contribution in [0.4, 0.5) is 0 Å². The van der Waals surface area contributed by atoms with E-state index in [1.54, 1.807) is 0 Å². The quantitative estimate of drug-likeness (QED) is 0.156. The Hall–Kier alpha value is -0.120. The minimum atomic E-state index is 0.585. The van der Waals surface area contributed by atoms with Gasteiger partial charge in [-0.3, -0.25) is 4.98 Å². The second-order valence-electron chi connectivity index (χ2n) is 6.75. The number of hydrogen-bond donors (Lipinski definition) is 0. The highest BCUT2D eigenvalue weighted by atomic mass is 127. The van der Waals surface area contributed by atoms with Gasteiger partial charge in [-0.2, -0.15) is 0 Å². The SMILES string of the molecule is CCCCCCCCCCCCCCCC(I)c1ccccn1. The van der Waals surface area contributed by atoms with Gasteiger partial charge < -0.3 is 0 Å². The molecule has 1 unspecified atom stereocenters. The monoisotopic (exact) mass is 429 g/mol. The van der Waals surface area contributed by atoms with E-state index >= 15 is 0 Å². The average molecular weight is 429 g/mol. The zero-order valence-corrected chi connectivity index (χ0v) is 17.3. The Balaban J connectivity index is 1.81. The summed E-state index contributed by atoms with van der Waals surface area (Å²) in [6, 6.07) is 6.25. The molecule has 23 heavy (non-hydrogen) atoms. The highest BCUT2D eigenvalue weighted by molar-refractivity contribution is 14.1. The van der Waals surface area contributed by atoms with Crippen molar-refractivity contribution in [2.75, 3.05) is 0 Å². The van der Waals surface area contributed by atoms with Gasteiger partial charge in [0.25, 0.3) is 0 Å². The third-order valence-corrected chi connectivity index (χ3v) is 5.83. The number of unbranched alkanes of at least 4 members (excludes halogenated alkanes) is 12. The zero-order valence-electron chi connectivity index (χ0n) is 15.1. The summed E-state index contributed by atoms with van der Waals surface area (Å²) in [5.41, 5.74) is 1.24. The van der Waals surface area contributed by atoms with E-state index in [9.17, 15) is 0 Å². The van der Waals surface area contributed by atoms with E-state index in [2.05, 4.69) is 46.6 Å². The molecule has 0 aliphatic carbocycles. The number of alkyl halides is 1. The van der Waals surface area contributed by atoms with Crippen LogP contribution in [-0.2, 0) is 0 Å². The van der Waals surface area contributed by atoms with E-state index in [1.807, 2.05) is 12.3 Å². The third-order valence-electron chi connectivity index (χ3n) is 4.57. The van der Waals surface area contributed by atoms with Crippen LogP contribution >= 0.6 is 22.6 Å². The predicted octanol–water partition coefficient (Wildman–Crippen LogP) is 8.04. The van der Waals surface area contributed by atoms with Crippen LogP contribution in [-0.4, -0.2) is 4.98 Å². The molecule has 0 bridgehead atoms. The minimum Gasteiger partial charge on any atom is -0.260 e. The third kappa shape index (κ3) is 12.0. The normalized spacial score (nSPS) is 12.4. The Bertz CT molecular complexity index is 352. The highest BCUT2D eigenvalue weighted by Gasteiger charge is 2.07. The van der Waals surface area contributed by atoms with Crippen LogP contribution in [0, 0.1) is 0 Å². The second-order valence-corrected chi connectivity index (χ2v) is 8.26. The van der Waals surface area contributed by atoms with Crippen molar-refractivity contribution in [3.63, 3.8) is 0 Å². The molecule has 1 nitrogen and oxygen atoms in total. The number of aromatic nitrogens is 1. The molecule has 0 radical (unpaired) electrons. The first kappa shape index (κ1) is 20.9. The maximum atomic E-state index is 4.45. The first-order valence-corrected chi connectivity index (χ1v) is 11.1. The van der Waals surface area contributed by atoms with Gasteiger partial charge in [0.15, 0.2) is 0 Å². The summed E-state index contributed by atoms with van der Waals surface area (Å²) < 4.78 is 0.585. The standard InChI is InChI=1S/C21H36IN/c1-2-3-4-5-6-7-8-9-10-11-12-13-14-17-20(22)21-18-15-16-19-23-21/h15-16,18-20H,2-14,17H2,1H3. The molecule has 2 heteroatoms. The molecule has 1 aromatic heterocycles. The van der Waals surface area contributed by atoms with E-state index in [0.29, 0.717) is 3.92 Å². The molecule has 0 aliphatic rings. The van der Waals surface area contributed by atoms with Gasteiger partial charge in [-0.25, -0.2) is 0 Å². The second kappa shape index (κ2) is 15.4. The smallest absolute Gasteiger partial charge is 0.0532 e. The van der Waals surface area contributed by atoms with E-state index in [0.717, 1.165) is 0 Å². The lowest BCUT2D eigenvalue weighted by atomic mass is 10.0. The average Bonchev–Trinajstić information content (AvgIpc) is 2.59. The van der Waals surface area contributed by atoms with Gasteiger partial charge in [-0.1, -0.05) is 119 Å². The molecule has 0 amide bonds. The number of nitrogens with zero attached hydrogens (tertiary/aromatic N) is 1. The minimum absolute atomic E-state index is 0.585. The van der Waals surface area contributed by atoms with E-state index in [-0.39, 0.29) is 0 Å². The first-order valence-electron chi connectivity index (χ1n) is 9.89. The number of rotatable bonds is 15. The Morgan fingerprint density at radius 2 is 1.30 bits per heavy atom. The molecule has 0 saturated carbocycles. The van der Waals surface area contributed by atoms with Crippen LogP contribution in [0.25, 0.3) is 0 Å². The van der Waals surface area contributed by atoms with Gasteiger partial charge in [0.05, 0.1) is 9.62 Å². The Morgan fingerprint density at radius 1 is 0.783 bits per heavy atom. The predicted molar refractivity (Wildman–Crippen MR) is 111 cm³/mol. The van der Waals surface area contributed by atoms with Gasteiger partial charge in [0, 0.05) is 6.20 Å². The molecule has 1 rings (SSSR count). The summed E-state index contributed by atoms with van der Waals surface area (Å²) in [4.78, 5) is 4.45. The summed E-state index contributed by atoms with van der Waals surface area (Å²) in [7, 11) is 0. The van der Waals surface area contributed by atoms with Crippen LogP contribution in [0.5, 0.6) is 0 Å². The van der Waals surface area contributed by atoms with Gasteiger partial charge in [0.1, 0.15) is 0 Å². The lowest BCUT2D eigenvalue weighted by Gasteiger charge is -2.08. The lowest BCUT2D eigenvalue weighted by Crippen LogP contribution is -1.93. The molecular formula is C21H36IN. The van der Waals surface area contributed by atoms with E-state index in [1.165, 1.54) is 95.6 Å². The highest BCUT2D eigenvalue weighted by Crippen LogP contribution is 2.27. The van der Waals surface area contributed by atoms with Crippen LogP contribution < -0.4 is 0 Å². The van der Waals surface area contributed by atoms with Crippen molar-refractivity contribution < 1.29 is 0 Å². The molecule has 0 saturated heterocycles. The van der Waals surface area contributed by atoms with E-state index < -0.39 is 0 Å². The number of pyridine rings is 1. The van der Waals surface area contributed by atoms with Crippen LogP contribution in [0.3, 0.4) is 0 Å². The van der Waals surface area contributed by atoms with Crippen molar-refractivity contribution in [1.29, 1.82) is 0 Å². The van der Waals surface area contributed by atoms with Gasteiger partial charge in [0.2, 0.25) is 0 Å². The molecule has 0 aromatic carbocycles. The fourth-order valence-electron chi connectivity index (χ4n) is 3.05. The Kier molecular flexibility index (Phi) is 14.0. The summed E-state index contributed by atoms with van der Waals surface area (Å²) in [6.45, 7) is 2.29. The van der Waals surface area contributed by atoms with Gasteiger partial charge in [-0.05, 0) is 18.6 Å². The maximum Gasteiger partial charge on any atom is 0.0532 e. The zero-order chi connectivity index (χ0) is 16.6. The topological polar surface area (TPSA) is 12.9 Å².